The van der Waals surface area contributed by atoms with Crippen LogP contribution in [-0.2, 0) is 19.1 Å². The zero-order valence-corrected chi connectivity index (χ0v) is 20.5. The van der Waals surface area contributed by atoms with Crippen molar-refractivity contribution in [3.8, 4) is 0 Å². The predicted molar refractivity (Wildman–Crippen MR) is 126 cm³/mol. The first-order chi connectivity index (χ1) is 15.6. The molecule has 6 atom stereocenters. The molecular weight excluding hydrogens is 420 g/mol. The van der Waals surface area contributed by atoms with Crippen LogP contribution in [0.25, 0.3) is 0 Å². The summed E-state index contributed by atoms with van der Waals surface area (Å²) in [7, 11) is 0. The van der Waals surface area contributed by atoms with Gasteiger partial charge in [0.25, 0.3) is 0 Å². The molecule has 3 heterocycles. The first-order valence-electron chi connectivity index (χ1n) is 12.7. The minimum atomic E-state index is -1.36. The standard InChI is InChI=1S/C26H42N2O5/c1-17-12-10-8-6-4-5-7-9-11-13-18(23(30)24(27)31)14-20(29)22-19-15-26(2,3)33-21(19)16-28(22)25(17)32/h4-5,17-19,21-23,30H,6-16H2,1-3H3,(H2,27,31)/t17-,18+,19-,21?,22-,23?/m0/s1. The molecule has 33 heavy (non-hydrogen) atoms. The van der Waals surface area contributed by atoms with Crippen LogP contribution < -0.4 is 5.73 Å². The van der Waals surface area contributed by atoms with E-state index in [4.69, 9.17) is 10.5 Å². The predicted octanol–water partition coefficient (Wildman–Crippen LogP) is 3.13. The van der Waals surface area contributed by atoms with E-state index >= 15 is 0 Å². The SMILES string of the molecule is C[C@H]1CCCCC=CCCCC[C@@H](C(O)C(N)=O)CC(=O)[C@@H]2[C@H]3CC(C)(C)OC3CN2C1=O. The van der Waals surface area contributed by atoms with Crippen LogP contribution in [0.2, 0.25) is 0 Å². The van der Waals surface area contributed by atoms with Gasteiger partial charge in [-0.25, -0.2) is 0 Å². The molecular formula is C26H42N2O5. The van der Waals surface area contributed by atoms with E-state index in [0.29, 0.717) is 19.4 Å². The highest BCUT2D eigenvalue weighted by Gasteiger charge is 2.55. The molecule has 0 aromatic rings. The number of ether oxygens (including phenoxy) is 1. The molecule has 0 bridgehead atoms. The van der Waals surface area contributed by atoms with Gasteiger partial charge in [-0.05, 0) is 58.8 Å². The normalized spacial score (nSPS) is 35.0. The number of nitrogens with zero attached hydrogens (tertiary/aromatic N) is 1. The van der Waals surface area contributed by atoms with E-state index in [9.17, 15) is 19.5 Å². The van der Waals surface area contributed by atoms with Gasteiger partial charge in [0.15, 0.2) is 5.78 Å². The average Bonchev–Trinajstić information content (AvgIpc) is 3.23. The van der Waals surface area contributed by atoms with E-state index in [-0.39, 0.29) is 41.7 Å². The number of amides is 2. The quantitative estimate of drug-likeness (QED) is 0.613. The molecule has 2 amide bonds. The summed E-state index contributed by atoms with van der Waals surface area (Å²) in [5, 5.41) is 10.5. The number of hydrogen-bond donors (Lipinski definition) is 2. The van der Waals surface area contributed by atoms with Gasteiger partial charge in [-0.2, -0.15) is 0 Å². The van der Waals surface area contributed by atoms with Gasteiger partial charge in [-0.1, -0.05) is 31.9 Å². The number of carbonyl (C=O) groups excluding carboxylic acids is 3. The minimum Gasteiger partial charge on any atom is -0.383 e. The van der Waals surface area contributed by atoms with Crippen molar-refractivity contribution in [1.82, 2.24) is 4.90 Å². The van der Waals surface area contributed by atoms with Gasteiger partial charge < -0.3 is 20.5 Å². The molecule has 0 radical (unpaired) electrons. The summed E-state index contributed by atoms with van der Waals surface area (Å²) in [6.07, 6.45) is 10.7. The molecule has 2 fully saturated rings. The Labute approximate surface area is 198 Å². The number of hydrogen-bond acceptors (Lipinski definition) is 5. The molecule has 7 nitrogen and oxygen atoms in total. The van der Waals surface area contributed by atoms with E-state index in [1.54, 1.807) is 4.90 Å². The molecule has 3 aliphatic heterocycles. The lowest BCUT2D eigenvalue weighted by molar-refractivity contribution is -0.143. The van der Waals surface area contributed by atoms with Gasteiger partial charge in [0, 0.05) is 30.7 Å². The Bertz CT molecular complexity index is 749. The van der Waals surface area contributed by atoms with Gasteiger partial charge in [0.1, 0.15) is 6.10 Å². The summed E-state index contributed by atoms with van der Waals surface area (Å²) in [4.78, 5) is 40.6. The van der Waals surface area contributed by atoms with Crippen molar-refractivity contribution in [3.05, 3.63) is 12.2 Å². The molecule has 3 aliphatic rings. The zero-order chi connectivity index (χ0) is 24.2. The Balaban J connectivity index is 1.85. The maximum absolute atomic E-state index is 13.7. The maximum Gasteiger partial charge on any atom is 0.246 e. The molecule has 2 unspecified atom stereocenters. The van der Waals surface area contributed by atoms with Crippen LogP contribution in [0.4, 0.5) is 0 Å². The lowest BCUT2D eigenvalue weighted by Crippen LogP contribution is -2.47. The monoisotopic (exact) mass is 462 g/mol. The Morgan fingerprint density at radius 2 is 1.79 bits per heavy atom. The highest BCUT2D eigenvalue weighted by molar-refractivity contribution is 5.91. The fourth-order valence-corrected chi connectivity index (χ4v) is 5.92. The van der Waals surface area contributed by atoms with Gasteiger partial charge in [0.05, 0.1) is 17.7 Å². The van der Waals surface area contributed by atoms with E-state index in [2.05, 4.69) is 12.2 Å². The van der Waals surface area contributed by atoms with Crippen molar-refractivity contribution >= 4 is 17.6 Å². The maximum atomic E-state index is 13.7. The molecule has 186 valence electrons. The van der Waals surface area contributed by atoms with Gasteiger partial charge >= 0.3 is 0 Å². The van der Waals surface area contributed by atoms with Crippen molar-refractivity contribution in [3.63, 3.8) is 0 Å². The van der Waals surface area contributed by atoms with Crippen LogP contribution in [0, 0.1) is 17.8 Å². The third-order valence-electron chi connectivity index (χ3n) is 7.65. The topological polar surface area (TPSA) is 110 Å². The molecule has 2 saturated heterocycles. The van der Waals surface area contributed by atoms with Gasteiger partial charge in [-0.3, -0.25) is 14.4 Å². The van der Waals surface area contributed by atoms with E-state index in [1.807, 2.05) is 20.8 Å². The van der Waals surface area contributed by atoms with Crippen molar-refractivity contribution in [1.29, 1.82) is 0 Å². The lowest BCUT2D eigenvalue weighted by atomic mass is 9.83. The minimum absolute atomic E-state index is 0.0102. The molecule has 0 aromatic heterocycles. The highest BCUT2D eigenvalue weighted by atomic mass is 16.5. The van der Waals surface area contributed by atoms with Crippen molar-refractivity contribution in [2.45, 2.75) is 109 Å². The second-order valence-corrected chi connectivity index (χ2v) is 10.9. The van der Waals surface area contributed by atoms with E-state index < -0.39 is 24.0 Å². The zero-order valence-electron chi connectivity index (χ0n) is 20.5. The number of allylic oxidation sites excluding steroid dienone is 2. The molecule has 0 saturated carbocycles. The van der Waals surface area contributed by atoms with Gasteiger partial charge in [-0.15, -0.1) is 0 Å². The summed E-state index contributed by atoms with van der Waals surface area (Å²) in [5.74, 6) is -1.61. The third-order valence-corrected chi connectivity index (χ3v) is 7.65. The van der Waals surface area contributed by atoms with Crippen molar-refractivity contribution < 1.29 is 24.2 Å². The summed E-state index contributed by atoms with van der Waals surface area (Å²) in [6.45, 7) is 6.43. The number of nitrogens with two attached hydrogens (primary N) is 1. The first-order valence-corrected chi connectivity index (χ1v) is 12.7. The van der Waals surface area contributed by atoms with Gasteiger partial charge in [0.2, 0.25) is 11.8 Å². The number of primary amides is 1. The fraction of sp³-hybridized carbons (Fsp3) is 0.808. The molecule has 3 N–H and O–H groups in total. The van der Waals surface area contributed by atoms with Crippen LogP contribution >= 0.6 is 0 Å². The summed E-state index contributed by atoms with van der Waals surface area (Å²) >= 11 is 0. The summed E-state index contributed by atoms with van der Waals surface area (Å²) in [5.41, 5.74) is 5.07. The summed E-state index contributed by atoms with van der Waals surface area (Å²) in [6, 6.07) is -0.563. The number of ketones is 1. The molecule has 7 heteroatoms. The number of rotatable bonds is 2. The number of fused-ring (bicyclic) bond motifs is 3. The Hall–Kier alpha value is -1.73. The average molecular weight is 463 g/mol. The van der Waals surface area contributed by atoms with Crippen molar-refractivity contribution in [2.75, 3.05) is 6.54 Å². The van der Waals surface area contributed by atoms with E-state index in [0.717, 1.165) is 44.9 Å². The lowest BCUT2D eigenvalue weighted by Gasteiger charge is -2.32. The van der Waals surface area contributed by atoms with Crippen LogP contribution in [0.3, 0.4) is 0 Å². The van der Waals surface area contributed by atoms with Crippen molar-refractivity contribution in [2.24, 2.45) is 23.5 Å². The van der Waals surface area contributed by atoms with Crippen LogP contribution in [0.15, 0.2) is 12.2 Å². The smallest absolute Gasteiger partial charge is 0.246 e. The number of Topliss-reactive ketones (excluding diaryl/α,β-unsaturated/α-hetero) is 1. The fourth-order valence-electron chi connectivity index (χ4n) is 5.92. The largest absolute Gasteiger partial charge is 0.383 e. The molecule has 0 aliphatic carbocycles. The molecule has 0 spiro atoms. The first kappa shape index (κ1) is 25.9. The number of aliphatic hydroxyl groups is 1. The second-order valence-electron chi connectivity index (χ2n) is 10.9. The van der Waals surface area contributed by atoms with Crippen LogP contribution in [0.1, 0.15) is 85.0 Å². The highest BCUT2D eigenvalue weighted by Crippen LogP contribution is 2.44. The molecule has 0 aromatic carbocycles. The van der Waals surface area contributed by atoms with Crippen LogP contribution in [-0.4, -0.2) is 58.0 Å². The Kier molecular flexibility index (Phi) is 8.73. The number of aliphatic hydroxyl groups excluding tert-OH is 1. The Morgan fingerprint density at radius 1 is 1.15 bits per heavy atom. The number of carbonyl (C=O) groups is 3. The molecule has 3 rings (SSSR count). The van der Waals surface area contributed by atoms with Crippen LogP contribution in [0.5, 0.6) is 0 Å². The summed E-state index contributed by atoms with van der Waals surface area (Å²) < 4.78 is 6.21. The second kappa shape index (κ2) is 11.1. The van der Waals surface area contributed by atoms with E-state index in [1.165, 1.54) is 0 Å². The Morgan fingerprint density at radius 3 is 2.42 bits per heavy atom. The third kappa shape index (κ3) is 6.44.